The molecule has 1 aromatic carbocycles. The van der Waals surface area contributed by atoms with Crippen molar-refractivity contribution in [3.63, 3.8) is 0 Å². The van der Waals surface area contributed by atoms with E-state index in [9.17, 15) is 4.79 Å². The molecule has 0 aliphatic carbocycles. The first kappa shape index (κ1) is 17.1. The van der Waals surface area contributed by atoms with Gasteiger partial charge < -0.3 is 19.8 Å². The molecular weight excluding hydrogens is 336 g/mol. The normalized spacial score (nSPS) is 10.4. The molecule has 3 aromatic rings. The third kappa shape index (κ3) is 4.87. The molecule has 2 heterocycles. The first-order valence-electron chi connectivity index (χ1n) is 8.02. The molecule has 5 nitrogen and oxygen atoms in total. The highest BCUT2D eigenvalue weighted by atomic mass is 32.1. The summed E-state index contributed by atoms with van der Waals surface area (Å²) in [6.45, 7) is 0.927. The summed E-state index contributed by atoms with van der Waals surface area (Å²) >= 11 is 1.62. The van der Waals surface area contributed by atoms with E-state index in [0.29, 0.717) is 13.1 Å². The van der Waals surface area contributed by atoms with Crippen LogP contribution in [0.5, 0.6) is 5.75 Å². The van der Waals surface area contributed by atoms with Crippen LogP contribution in [-0.2, 0) is 13.0 Å². The Morgan fingerprint density at radius 3 is 2.68 bits per heavy atom. The molecule has 0 unspecified atom stereocenters. The van der Waals surface area contributed by atoms with Crippen LogP contribution in [0.25, 0.3) is 10.6 Å². The molecule has 0 aliphatic rings. The van der Waals surface area contributed by atoms with Gasteiger partial charge in [0.1, 0.15) is 17.3 Å². The van der Waals surface area contributed by atoms with E-state index in [1.54, 1.807) is 18.4 Å². The summed E-state index contributed by atoms with van der Waals surface area (Å²) in [5.41, 5.74) is 1.15. The lowest BCUT2D eigenvalue weighted by Gasteiger charge is -2.07. The van der Waals surface area contributed by atoms with Crippen LogP contribution < -0.4 is 15.4 Å². The van der Waals surface area contributed by atoms with Gasteiger partial charge in [0.2, 0.25) is 0 Å². The maximum atomic E-state index is 11.9. The summed E-state index contributed by atoms with van der Waals surface area (Å²) in [4.78, 5) is 12.9. The van der Waals surface area contributed by atoms with Crippen LogP contribution in [0.2, 0.25) is 0 Å². The zero-order valence-corrected chi connectivity index (χ0v) is 14.8. The van der Waals surface area contributed by atoms with Crippen LogP contribution in [-0.4, -0.2) is 19.7 Å². The van der Waals surface area contributed by atoms with E-state index in [2.05, 4.69) is 10.6 Å². The van der Waals surface area contributed by atoms with Crippen molar-refractivity contribution in [1.29, 1.82) is 0 Å². The third-order valence-electron chi connectivity index (χ3n) is 3.71. The molecule has 0 saturated heterocycles. The number of methoxy groups -OCH3 is 1. The van der Waals surface area contributed by atoms with Crippen LogP contribution in [0.15, 0.2) is 58.3 Å². The van der Waals surface area contributed by atoms with Gasteiger partial charge in [-0.2, -0.15) is 0 Å². The van der Waals surface area contributed by atoms with Crippen molar-refractivity contribution in [3.8, 4) is 16.4 Å². The van der Waals surface area contributed by atoms with Crippen LogP contribution >= 0.6 is 11.3 Å². The lowest BCUT2D eigenvalue weighted by molar-refractivity contribution is 0.239. The fourth-order valence-electron chi connectivity index (χ4n) is 2.37. The second-order valence-corrected chi connectivity index (χ2v) is 6.40. The zero-order chi connectivity index (χ0) is 17.5. The minimum Gasteiger partial charge on any atom is -0.497 e. The number of amides is 2. The van der Waals surface area contributed by atoms with Crippen LogP contribution in [0.1, 0.15) is 11.3 Å². The Balaban J connectivity index is 1.39. The van der Waals surface area contributed by atoms with Crippen molar-refractivity contribution in [2.45, 2.75) is 13.0 Å². The average Bonchev–Trinajstić information content (AvgIpc) is 3.32. The monoisotopic (exact) mass is 356 g/mol. The van der Waals surface area contributed by atoms with Gasteiger partial charge in [-0.15, -0.1) is 11.3 Å². The minimum atomic E-state index is -0.206. The van der Waals surface area contributed by atoms with E-state index in [-0.39, 0.29) is 6.03 Å². The Bertz CT molecular complexity index is 794. The first-order valence-corrected chi connectivity index (χ1v) is 8.90. The van der Waals surface area contributed by atoms with Gasteiger partial charge in [0.15, 0.2) is 0 Å². The van der Waals surface area contributed by atoms with Gasteiger partial charge in [-0.3, -0.25) is 0 Å². The Kier molecular flexibility index (Phi) is 5.74. The molecule has 0 fully saturated rings. The summed E-state index contributed by atoms with van der Waals surface area (Å²) in [5.74, 6) is 2.38. The maximum absolute atomic E-state index is 11.9. The number of nitrogens with one attached hydrogen (secondary N) is 2. The van der Waals surface area contributed by atoms with E-state index >= 15 is 0 Å². The third-order valence-corrected chi connectivity index (χ3v) is 4.59. The van der Waals surface area contributed by atoms with Crippen molar-refractivity contribution in [1.82, 2.24) is 10.6 Å². The molecule has 0 radical (unpaired) electrons. The summed E-state index contributed by atoms with van der Waals surface area (Å²) in [5, 5.41) is 7.65. The van der Waals surface area contributed by atoms with E-state index < -0.39 is 0 Å². The lowest BCUT2D eigenvalue weighted by Crippen LogP contribution is -2.36. The van der Waals surface area contributed by atoms with Gasteiger partial charge in [-0.05, 0) is 47.7 Å². The average molecular weight is 356 g/mol. The number of benzene rings is 1. The Hall–Kier alpha value is -2.73. The van der Waals surface area contributed by atoms with Crippen LogP contribution in [0, 0.1) is 0 Å². The zero-order valence-electron chi connectivity index (χ0n) is 14.0. The van der Waals surface area contributed by atoms with Gasteiger partial charge in [-0.1, -0.05) is 18.2 Å². The number of carbonyl (C=O) groups is 1. The number of thiophene rings is 1. The number of hydrogen-bond donors (Lipinski definition) is 2. The summed E-state index contributed by atoms with van der Waals surface area (Å²) in [7, 11) is 1.64. The van der Waals surface area contributed by atoms with Crippen molar-refractivity contribution >= 4 is 17.4 Å². The number of hydrogen-bond acceptors (Lipinski definition) is 4. The van der Waals surface area contributed by atoms with Crippen LogP contribution in [0.4, 0.5) is 4.79 Å². The summed E-state index contributed by atoms with van der Waals surface area (Å²) in [6, 6.07) is 15.4. The second-order valence-electron chi connectivity index (χ2n) is 5.45. The van der Waals surface area contributed by atoms with Crippen LogP contribution in [0.3, 0.4) is 0 Å². The predicted octanol–water partition coefficient (Wildman–Crippen LogP) is 4.06. The number of furan rings is 1. The number of ether oxygens (including phenoxy) is 1. The van der Waals surface area contributed by atoms with Crippen molar-refractivity contribution in [2.24, 2.45) is 0 Å². The van der Waals surface area contributed by atoms with Gasteiger partial charge in [-0.25, -0.2) is 4.79 Å². The molecule has 0 saturated carbocycles. The number of urea groups is 1. The topological polar surface area (TPSA) is 63.5 Å². The molecular formula is C19H20N2O3S. The molecule has 25 heavy (non-hydrogen) atoms. The highest BCUT2D eigenvalue weighted by Crippen LogP contribution is 2.26. The van der Waals surface area contributed by atoms with Crippen molar-refractivity contribution in [3.05, 3.63) is 65.2 Å². The fourth-order valence-corrected chi connectivity index (χ4v) is 3.05. The SMILES string of the molecule is COc1ccc(CCNC(=O)NCc2ccc(-c3cccs3)o2)cc1. The Morgan fingerprint density at radius 1 is 1.12 bits per heavy atom. The smallest absolute Gasteiger partial charge is 0.315 e. The van der Waals surface area contributed by atoms with Gasteiger partial charge >= 0.3 is 6.03 Å². The largest absolute Gasteiger partial charge is 0.497 e. The highest BCUT2D eigenvalue weighted by molar-refractivity contribution is 7.13. The summed E-state index contributed by atoms with van der Waals surface area (Å²) in [6.07, 6.45) is 0.765. The summed E-state index contributed by atoms with van der Waals surface area (Å²) < 4.78 is 10.9. The molecule has 2 amide bonds. The van der Waals surface area contributed by atoms with Gasteiger partial charge in [0, 0.05) is 6.54 Å². The minimum absolute atomic E-state index is 0.206. The fraction of sp³-hybridized carbons (Fsp3) is 0.211. The van der Waals surface area contributed by atoms with Crippen molar-refractivity contribution < 1.29 is 13.9 Å². The first-order chi connectivity index (χ1) is 12.2. The predicted molar refractivity (Wildman–Crippen MR) is 99.0 cm³/mol. The number of rotatable bonds is 7. The molecule has 0 atom stereocenters. The lowest BCUT2D eigenvalue weighted by atomic mass is 10.1. The molecule has 130 valence electrons. The van der Waals surface area contributed by atoms with Crippen molar-refractivity contribution in [2.75, 3.05) is 13.7 Å². The molecule has 3 rings (SSSR count). The second kappa shape index (κ2) is 8.39. The maximum Gasteiger partial charge on any atom is 0.315 e. The Morgan fingerprint density at radius 2 is 1.96 bits per heavy atom. The quantitative estimate of drug-likeness (QED) is 0.671. The molecule has 2 aromatic heterocycles. The molecule has 6 heteroatoms. The standard InChI is InChI=1S/C19H20N2O3S/c1-23-15-6-4-14(5-7-15)10-11-20-19(22)21-13-16-8-9-17(24-16)18-3-2-12-25-18/h2-9,12H,10-11,13H2,1H3,(H2,20,21,22). The van der Waals surface area contributed by atoms with E-state index in [0.717, 1.165) is 34.1 Å². The van der Waals surface area contributed by atoms with E-state index in [4.69, 9.17) is 9.15 Å². The van der Waals surface area contributed by atoms with E-state index in [1.165, 1.54) is 0 Å². The highest BCUT2D eigenvalue weighted by Gasteiger charge is 2.07. The van der Waals surface area contributed by atoms with E-state index in [1.807, 2.05) is 53.9 Å². The molecule has 0 aliphatic heterocycles. The van der Waals surface area contributed by atoms with Gasteiger partial charge in [0.25, 0.3) is 0 Å². The van der Waals surface area contributed by atoms with Gasteiger partial charge in [0.05, 0.1) is 18.5 Å². The number of carbonyl (C=O) groups excluding carboxylic acids is 1. The molecule has 0 spiro atoms. The Labute approximate surface area is 150 Å². The molecule has 2 N–H and O–H groups in total. The molecule has 0 bridgehead atoms.